The Morgan fingerprint density at radius 1 is 1.50 bits per heavy atom. The molecule has 7 heteroatoms. The van der Waals surface area contributed by atoms with Crippen LogP contribution in [0, 0.1) is 27.4 Å². The molecule has 0 heterocycles. The van der Waals surface area contributed by atoms with Gasteiger partial charge in [0.05, 0.1) is 22.5 Å². The van der Waals surface area contributed by atoms with Gasteiger partial charge in [-0.15, -0.1) is 0 Å². The van der Waals surface area contributed by atoms with E-state index in [1.165, 1.54) is 18.2 Å². The first-order chi connectivity index (χ1) is 9.52. The Kier molecular flexibility index (Phi) is 3.84. The quantitative estimate of drug-likeness (QED) is 0.642. The zero-order valence-electron chi connectivity index (χ0n) is 10.6. The molecular weight excluding hydrogens is 262 g/mol. The largest absolute Gasteiger partial charge is 0.481 e. The van der Waals surface area contributed by atoms with E-state index in [2.05, 4.69) is 5.32 Å². The molecule has 2 N–H and O–H groups in total. The molecule has 2 atom stereocenters. The van der Waals surface area contributed by atoms with Crippen LogP contribution in [0.2, 0.25) is 0 Å². The van der Waals surface area contributed by atoms with E-state index in [9.17, 15) is 14.9 Å². The maximum Gasteiger partial charge on any atom is 0.308 e. The second kappa shape index (κ2) is 5.57. The van der Waals surface area contributed by atoms with Gasteiger partial charge in [0, 0.05) is 12.1 Å². The Hall–Kier alpha value is -2.62. The van der Waals surface area contributed by atoms with Gasteiger partial charge in [-0.1, -0.05) is 6.42 Å². The minimum Gasteiger partial charge on any atom is -0.481 e. The van der Waals surface area contributed by atoms with Crippen LogP contribution < -0.4 is 5.32 Å². The van der Waals surface area contributed by atoms with Crippen LogP contribution in [0.15, 0.2) is 18.2 Å². The number of carboxylic acid groups (broad SMARTS) is 1. The molecule has 1 saturated carbocycles. The summed E-state index contributed by atoms with van der Waals surface area (Å²) in [4.78, 5) is 21.5. The number of carbonyl (C=O) groups is 1. The highest BCUT2D eigenvalue weighted by Gasteiger charge is 2.34. The number of nitro groups is 1. The number of benzene rings is 1. The van der Waals surface area contributed by atoms with E-state index in [0.29, 0.717) is 18.4 Å². The minimum absolute atomic E-state index is 0.153. The zero-order chi connectivity index (χ0) is 14.7. The molecule has 0 radical (unpaired) electrons. The lowest BCUT2D eigenvalue weighted by atomic mass is 10.0. The Morgan fingerprint density at radius 2 is 2.25 bits per heavy atom. The third-order valence-corrected chi connectivity index (χ3v) is 3.50. The van der Waals surface area contributed by atoms with Crippen molar-refractivity contribution in [2.24, 2.45) is 5.92 Å². The Bertz CT molecular complexity index is 594. The van der Waals surface area contributed by atoms with Gasteiger partial charge in [0.15, 0.2) is 0 Å². The summed E-state index contributed by atoms with van der Waals surface area (Å²) in [6.07, 6.45) is 1.96. The summed E-state index contributed by atoms with van der Waals surface area (Å²) in [5.74, 6) is -1.46. The van der Waals surface area contributed by atoms with Crippen LogP contribution in [0.1, 0.15) is 24.8 Å². The Balaban J connectivity index is 2.30. The van der Waals surface area contributed by atoms with Crippen molar-refractivity contribution in [3.63, 3.8) is 0 Å². The van der Waals surface area contributed by atoms with Crippen molar-refractivity contribution >= 4 is 17.3 Å². The highest BCUT2D eigenvalue weighted by Crippen LogP contribution is 2.32. The summed E-state index contributed by atoms with van der Waals surface area (Å²) < 4.78 is 0. The number of nitrogens with zero attached hydrogens (tertiary/aromatic N) is 2. The van der Waals surface area contributed by atoms with E-state index in [4.69, 9.17) is 10.4 Å². The van der Waals surface area contributed by atoms with Crippen molar-refractivity contribution in [1.82, 2.24) is 0 Å². The summed E-state index contributed by atoms with van der Waals surface area (Å²) in [7, 11) is 0. The average Bonchev–Trinajstić information content (AvgIpc) is 2.86. The van der Waals surface area contributed by atoms with E-state index in [-0.39, 0.29) is 17.4 Å². The van der Waals surface area contributed by atoms with Crippen LogP contribution in [-0.4, -0.2) is 22.0 Å². The number of anilines is 1. The second-order valence-electron chi connectivity index (χ2n) is 4.73. The number of nitro benzene ring substituents is 1. The maximum absolute atomic E-state index is 11.1. The molecule has 0 saturated heterocycles. The Labute approximate surface area is 115 Å². The molecule has 104 valence electrons. The molecule has 2 unspecified atom stereocenters. The van der Waals surface area contributed by atoms with E-state index >= 15 is 0 Å². The summed E-state index contributed by atoms with van der Waals surface area (Å²) in [6.45, 7) is 0. The third kappa shape index (κ3) is 2.69. The first-order valence-electron chi connectivity index (χ1n) is 6.21. The first kappa shape index (κ1) is 13.8. The van der Waals surface area contributed by atoms with Gasteiger partial charge in [-0.05, 0) is 25.0 Å². The van der Waals surface area contributed by atoms with Crippen molar-refractivity contribution in [3.05, 3.63) is 33.9 Å². The number of hydrogen-bond acceptors (Lipinski definition) is 5. The summed E-state index contributed by atoms with van der Waals surface area (Å²) in [5.41, 5.74) is 0.343. The standard InChI is InChI=1S/C13H13N3O4/c14-7-8-4-5-12(16(19)20)11(6-8)15-10-3-1-2-9(10)13(17)18/h4-6,9-10,15H,1-3H2,(H,17,18). The van der Waals surface area contributed by atoms with Crippen LogP contribution in [0.4, 0.5) is 11.4 Å². The molecular formula is C13H13N3O4. The van der Waals surface area contributed by atoms with Crippen molar-refractivity contribution < 1.29 is 14.8 Å². The molecule has 1 aliphatic rings. The van der Waals surface area contributed by atoms with Gasteiger partial charge < -0.3 is 10.4 Å². The van der Waals surface area contributed by atoms with Gasteiger partial charge in [-0.2, -0.15) is 5.26 Å². The van der Waals surface area contributed by atoms with Crippen LogP contribution in [-0.2, 0) is 4.79 Å². The second-order valence-corrected chi connectivity index (χ2v) is 4.73. The average molecular weight is 275 g/mol. The number of rotatable bonds is 4. The van der Waals surface area contributed by atoms with Gasteiger partial charge in [0.2, 0.25) is 0 Å². The molecule has 0 aromatic heterocycles. The summed E-state index contributed by atoms with van der Waals surface area (Å²) in [5, 5.41) is 31.9. The molecule has 0 aliphatic heterocycles. The summed E-state index contributed by atoms with van der Waals surface area (Å²) in [6, 6.07) is 5.57. The number of nitriles is 1. The molecule has 2 rings (SSSR count). The maximum atomic E-state index is 11.1. The van der Waals surface area contributed by atoms with Gasteiger partial charge in [0.25, 0.3) is 5.69 Å². The topological polar surface area (TPSA) is 116 Å². The highest BCUT2D eigenvalue weighted by atomic mass is 16.6. The van der Waals surface area contributed by atoms with Gasteiger partial charge in [0.1, 0.15) is 5.69 Å². The van der Waals surface area contributed by atoms with Gasteiger partial charge >= 0.3 is 5.97 Å². The van der Waals surface area contributed by atoms with Crippen LogP contribution in [0.3, 0.4) is 0 Å². The normalized spacial score (nSPS) is 21.1. The SMILES string of the molecule is N#Cc1ccc([N+](=O)[O-])c(NC2CCCC2C(=O)O)c1. The van der Waals surface area contributed by atoms with Crippen molar-refractivity contribution in [3.8, 4) is 6.07 Å². The molecule has 0 amide bonds. The summed E-state index contributed by atoms with van der Waals surface area (Å²) >= 11 is 0. The third-order valence-electron chi connectivity index (χ3n) is 3.50. The first-order valence-corrected chi connectivity index (χ1v) is 6.21. The van der Waals surface area contributed by atoms with Crippen molar-refractivity contribution in [1.29, 1.82) is 5.26 Å². The number of nitrogens with one attached hydrogen (secondary N) is 1. The lowest BCUT2D eigenvalue weighted by molar-refractivity contribution is -0.384. The number of carboxylic acids is 1. The molecule has 0 bridgehead atoms. The van der Waals surface area contributed by atoms with E-state index in [1.807, 2.05) is 6.07 Å². The van der Waals surface area contributed by atoms with Crippen LogP contribution in [0.25, 0.3) is 0 Å². The number of hydrogen-bond donors (Lipinski definition) is 2. The zero-order valence-corrected chi connectivity index (χ0v) is 10.6. The van der Waals surface area contributed by atoms with Crippen molar-refractivity contribution in [2.75, 3.05) is 5.32 Å². The fourth-order valence-electron chi connectivity index (χ4n) is 2.51. The van der Waals surface area contributed by atoms with Crippen LogP contribution >= 0.6 is 0 Å². The molecule has 1 aromatic rings. The fraction of sp³-hybridized carbons (Fsp3) is 0.385. The fourth-order valence-corrected chi connectivity index (χ4v) is 2.51. The monoisotopic (exact) mass is 275 g/mol. The Morgan fingerprint density at radius 3 is 2.85 bits per heavy atom. The highest BCUT2D eigenvalue weighted by molar-refractivity contribution is 5.73. The van der Waals surface area contributed by atoms with E-state index < -0.39 is 16.8 Å². The molecule has 7 nitrogen and oxygen atoms in total. The predicted molar refractivity (Wildman–Crippen MR) is 70.2 cm³/mol. The smallest absolute Gasteiger partial charge is 0.308 e. The van der Waals surface area contributed by atoms with Gasteiger partial charge in [-0.3, -0.25) is 14.9 Å². The minimum atomic E-state index is -0.904. The van der Waals surface area contributed by atoms with Crippen LogP contribution in [0.5, 0.6) is 0 Å². The predicted octanol–water partition coefficient (Wildman–Crippen LogP) is 2.13. The van der Waals surface area contributed by atoms with Crippen molar-refractivity contribution in [2.45, 2.75) is 25.3 Å². The van der Waals surface area contributed by atoms with E-state index in [0.717, 1.165) is 6.42 Å². The molecule has 1 aliphatic carbocycles. The number of aliphatic carboxylic acids is 1. The molecule has 20 heavy (non-hydrogen) atoms. The lowest BCUT2D eigenvalue weighted by Gasteiger charge is -2.18. The lowest BCUT2D eigenvalue weighted by Crippen LogP contribution is -2.30. The molecule has 1 fully saturated rings. The van der Waals surface area contributed by atoms with Gasteiger partial charge in [-0.25, -0.2) is 0 Å². The molecule has 0 spiro atoms. The van der Waals surface area contributed by atoms with E-state index in [1.54, 1.807) is 0 Å². The molecule has 1 aromatic carbocycles.